The molecule has 100 valence electrons. The fraction of sp³-hybridized carbons (Fsp3) is 0.333. The number of nitro benzene ring substituents is 1. The number of hydrogen-bond donors (Lipinski definition) is 0. The minimum Gasteiger partial charge on any atom is -0.463 e. The molecule has 1 aliphatic rings. The van der Waals surface area contributed by atoms with Gasteiger partial charge in [-0.2, -0.15) is 0 Å². The van der Waals surface area contributed by atoms with E-state index in [2.05, 4.69) is 4.74 Å². The van der Waals surface area contributed by atoms with E-state index in [0.29, 0.717) is 12.0 Å². The highest BCUT2D eigenvalue weighted by Crippen LogP contribution is 2.21. The predicted octanol–water partition coefficient (Wildman–Crippen LogP) is 1.38. The number of rotatable bonds is 3. The van der Waals surface area contributed by atoms with Crippen LogP contribution >= 0.6 is 0 Å². The van der Waals surface area contributed by atoms with Crippen LogP contribution in [0.5, 0.6) is 0 Å². The SMILES string of the molecule is Cc1ccc(C(=O)O[C@@H]2CCOC2=O)cc1[N+](=O)[O-]. The van der Waals surface area contributed by atoms with Gasteiger partial charge in [0.25, 0.3) is 5.69 Å². The van der Waals surface area contributed by atoms with Gasteiger partial charge in [0, 0.05) is 18.1 Å². The van der Waals surface area contributed by atoms with E-state index in [9.17, 15) is 19.7 Å². The smallest absolute Gasteiger partial charge is 0.347 e. The Morgan fingerprint density at radius 1 is 1.53 bits per heavy atom. The highest BCUT2D eigenvalue weighted by molar-refractivity contribution is 5.92. The van der Waals surface area contributed by atoms with E-state index in [-0.39, 0.29) is 17.9 Å². The zero-order valence-corrected chi connectivity index (χ0v) is 10.1. The predicted molar refractivity (Wildman–Crippen MR) is 62.6 cm³/mol. The lowest BCUT2D eigenvalue weighted by Crippen LogP contribution is -2.22. The monoisotopic (exact) mass is 265 g/mol. The molecule has 0 aliphatic carbocycles. The molecule has 7 heteroatoms. The summed E-state index contributed by atoms with van der Waals surface area (Å²) in [6.07, 6.45) is -0.619. The highest BCUT2D eigenvalue weighted by Gasteiger charge is 2.30. The van der Waals surface area contributed by atoms with Gasteiger partial charge in [0.1, 0.15) is 0 Å². The van der Waals surface area contributed by atoms with Crippen LogP contribution in [0.15, 0.2) is 18.2 Å². The zero-order chi connectivity index (χ0) is 14.0. The molecule has 1 atom stereocenters. The normalized spacial score (nSPS) is 17.9. The van der Waals surface area contributed by atoms with Gasteiger partial charge in [-0.25, -0.2) is 9.59 Å². The Bertz CT molecular complexity index is 553. The molecule has 1 aromatic carbocycles. The van der Waals surface area contributed by atoms with Gasteiger partial charge < -0.3 is 9.47 Å². The molecule has 1 heterocycles. The van der Waals surface area contributed by atoms with Crippen molar-refractivity contribution in [2.45, 2.75) is 19.4 Å². The number of aryl methyl sites for hydroxylation is 1. The number of hydrogen-bond acceptors (Lipinski definition) is 6. The number of nitrogens with zero attached hydrogens (tertiary/aromatic N) is 1. The Labute approximate surface area is 108 Å². The molecule has 0 spiro atoms. The van der Waals surface area contributed by atoms with Crippen molar-refractivity contribution < 1.29 is 24.0 Å². The fourth-order valence-corrected chi connectivity index (χ4v) is 1.71. The summed E-state index contributed by atoms with van der Waals surface area (Å²) in [4.78, 5) is 33.1. The lowest BCUT2D eigenvalue weighted by atomic mass is 10.1. The Morgan fingerprint density at radius 2 is 2.26 bits per heavy atom. The standard InChI is InChI=1S/C12H11NO6/c1-7-2-3-8(6-9(7)13(16)17)11(14)19-10-4-5-18-12(10)15/h2-3,6,10H,4-5H2,1H3/t10-/m1/s1. The molecule has 1 fully saturated rings. The van der Waals surface area contributed by atoms with Gasteiger partial charge in [0.05, 0.1) is 17.1 Å². The molecule has 0 amide bonds. The summed E-state index contributed by atoms with van der Waals surface area (Å²) in [5.41, 5.74) is 0.322. The first-order valence-electron chi connectivity index (χ1n) is 5.61. The summed E-state index contributed by atoms with van der Waals surface area (Å²) >= 11 is 0. The number of carbonyl (C=O) groups excluding carboxylic acids is 2. The van der Waals surface area contributed by atoms with E-state index in [1.807, 2.05) is 0 Å². The second-order valence-corrected chi connectivity index (χ2v) is 4.11. The summed E-state index contributed by atoms with van der Waals surface area (Å²) in [5.74, 6) is -1.36. The summed E-state index contributed by atoms with van der Waals surface area (Å²) in [6.45, 7) is 1.78. The van der Waals surface area contributed by atoms with Crippen molar-refractivity contribution in [2.24, 2.45) is 0 Å². The zero-order valence-electron chi connectivity index (χ0n) is 10.1. The van der Waals surface area contributed by atoms with Crippen LogP contribution in [0.25, 0.3) is 0 Å². The number of benzene rings is 1. The van der Waals surface area contributed by atoms with Crippen molar-refractivity contribution in [1.82, 2.24) is 0 Å². The second-order valence-electron chi connectivity index (χ2n) is 4.11. The molecule has 1 saturated heterocycles. The third kappa shape index (κ3) is 2.70. The Hall–Kier alpha value is -2.44. The van der Waals surface area contributed by atoms with E-state index < -0.39 is 23.0 Å². The van der Waals surface area contributed by atoms with Crippen LogP contribution in [-0.4, -0.2) is 29.6 Å². The number of carbonyl (C=O) groups is 2. The van der Waals surface area contributed by atoms with Gasteiger partial charge >= 0.3 is 11.9 Å². The van der Waals surface area contributed by atoms with Gasteiger partial charge in [-0.15, -0.1) is 0 Å². The maximum atomic E-state index is 11.8. The Balaban J connectivity index is 2.17. The number of ether oxygens (including phenoxy) is 2. The second kappa shape index (κ2) is 5.05. The molecule has 0 bridgehead atoms. The molecule has 7 nitrogen and oxygen atoms in total. The first kappa shape index (κ1) is 13.0. The van der Waals surface area contributed by atoms with Gasteiger partial charge in [-0.05, 0) is 13.0 Å². The van der Waals surface area contributed by atoms with Crippen LogP contribution in [-0.2, 0) is 14.3 Å². The van der Waals surface area contributed by atoms with E-state index in [1.165, 1.54) is 12.1 Å². The molecule has 0 saturated carbocycles. The molecular weight excluding hydrogens is 254 g/mol. The van der Waals surface area contributed by atoms with Crippen molar-refractivity contribution in [3.8, 4) is 0 Å². The third-order valence-corrected chi connectivity index (χ3v) is 2.78. The van der Waals surface area contributed by atoms with Gasteiger partial charge in [-0.3, -0.25) is 10.1 Å². The highest BCUT2D eigenvalue weighted by atomic mass is 16.6. The topological polar surface area (TPSA) is 95.7 Å². The van der Waals surface area contributed by atoms with Gasteiger partial charge in [0.2, 0.25) is 6.10 Å². The van der Waals surface area contributed by atoms with Crippen LogP contribution in [0.1, 0.15) is 22.3 Å². The average Bonchev–Trinajstić information content (AvgIpc) is 2.75. The van der Waals surface area contributed by atoms with Crippen molar-refractivity contribution in [1.29, 1.82) is 0 Å². The van der Waals surface area contributed by atoms with Crippen molar-refractivity contribution in [3.05, 3.63) is 39.4 Å². The van der Waals surface area contributed by atoms with E-state index in [4.69, 9.17) is 4.74 Å². The minimum absolute atomic E-state index is 0.0389. The quantitative estimate of drug-likeness (QED) is 0.465. The molecule has 0 N–H and O–H groups in total. The van der Waals surface area contributed by atoms with Crippen LogP contribution in [0.2, 0.25) is 0 Å². The number of esters is 2. The lowest BCUT2D eigenvalue weighted by molar-refractivity contribution is -0.385. The first-order chi connectivity index (χ1) is 8.99. The Morgan fingerprint density at radius 3 is 2.84 bits per heavy atom. The third-order valence-electron chi connectivity index (χ3n) is 2.78. The number of nitro groups is 1. The molecule has 0 aromatic heterocycles. The van der Waals surface area contributed by atoms with Crippen LogP contribution in [0.4, 0.5) is 5.69 Å². The summed E-state index contributed by atoms with van der Waals surface area (Å²) < 4.78 is 9.61. The van der Waals surface area contributed by atoms with Crippen LogP contribution in [0.3, 0.4) is 0 Å². The lowest BCUT2D eigenvalue weighted by Gasteiger charge is -2.08. The molecular formula is C12H11NO6. The molecule has 19 heavy (non-hydrogen) atoms. The molecule has 1 aromatic rings. The summed E-state index contributed by atoms with van der Waals surface area (Å²) in [7, 11) is 0. The van der Waals surface area contributed by atoms with Gasteiger partial charge in [-0.1, -0.05) is 6.07 Å². The largest absolute Gasteiger partial charge is 0.463 e. The minimum atomic E-state index is -0.923. The maximum Gasteiger partial charge on any atom is 0.347 e. The molecule has 1 aliphatic heterocycles. The van der Waals surface area contributed by atoms with Crippen LogP contribution in [0, 0.1) is 17.0 Å². The van der Waals surface area contributed by atoms with Crippen LogP contribution < -0.4 is 0 Å². The molecule has 2 rings (SSSR count). The average molecular weight is 265 g/mol. The Kier molecular flexibility index (Phi) is 3.46. The van der Waals surface area contributed by atoms with Crippen molar-refractivity contribution in [3.63, 3.8) is 0 Å². The van der Waals surface area contributed by atoms with E-state index in [1.54, 1.807) is 6.92 Å². The first-order valence-corrected chi connectivity index (χ1v) is 5.61. The number of cyclic esters (lactones) is 1. The van der Waals surface area contributed by atoms with Gasteiger partial charge in [0.15, 0.2) is 0 Å². The van der Waals surface area contributed by atoms with Crippen molar-refractivity contribution in [2.75, 3.05) is 6.61 Å². The van der Waals surface area contributed by atoms with Crippen molar-refractivity contribution >= 4 is 17.6 Å². The fourth-order valence-electron chi connectivity index (χ4n) is 1.71. The van der Waals surface area contributed by atoms with E-state index >= 15 is 0 Å². The maximum absolute atomic E-state index is 11.8. The summed E-state index contributed by atoms with van der Waals surface area (Å²) in [6, 6.07) is 4.02. The molecule has 0 unspecified atom stereocenters. The molecule has 0 radical (unpaired) electrons. The summed E-state index contributed by atoms with van der Waals surface area (Å²) in [5, 5.41) is 10.8. The van der Waals surface area contributed by atoms with E-state index in [0.717, 1.165) is 6.07 Å².